The molecular weight excluding hydrogens is 450 g/mol. The first-order chi connectivity index (χ1) is 16.3. The molecule has 3 aromatic carbocycles. The zero-order chi connectivity index (χ0) is 24.2. The van der Waals surface area contributed by atoms with Crippen molar-refractivity contribution in [2.45, 2.75) is 18.6 Å². The van der Waals surface area contributed by atoms with E-state index in [2.05, 4.69) is 11.9 Å². The highest BCUT2D eigenvalue weighted by atomic mass is 32.2. The van der Waals surface area contributed by atoms with Crippen molar-refractivity contribution in [3.8, 4) is 22.6 Å². The molecule has 0 bridgehead atoms. The highest BCUT2D eigenvalue weighted by molar-refractivity contribution is 8.15. The number of hydrogen-bond acceptors (Lipinski definition) is 6. The Balaban J connectivity index is 1.47. The zero-order valence-electron chi connectivity index (χ0n) is 18.8. The number of rotatable bonds is 7. The summed E-state index contributed by atoms with van der Waals surface area (Å²) in [6.45, 7) is 5.88. The molecule has 1 N–H and O–H groups in total. The van der Waals surface area contributed by atoms with Gasteiger partial charge < -0.3 is 9.47 Å². The van der Waals surface area contributed by atoms with Crippen LogP contribution in [0.25, 0.3) is 16.7 Å². The van der Waals surface area contributed by atoms with Crippen molar-refractivity contribution >= 4 is 34.5 Å². The second kappa shape index (κ2) is 9.97. The minimum Gasteiger partial charge on any atom is -0.465 e. The highest BCUT2D eigenvalue weighted by Crippen LogP contribution is 2.32. The molecule has 2 amide bonds. The van der Waals surface area contributed by atoms with E-state index in [-0.39, 0.29) is 11.1 Å². The molecule has 0 radical (unpaired) electrons. The molecular formula is C27H23NO5S. The summed E-state index contributed by atoms with van der Waals surface area (Å²) in [5, 5.41) is 1.61. The first-order valence-corrected chi connectivity index (χ1v) is 11.5. The Morgan fingerprint density at radius 3 is 2.24 bits per heavy atom. The van der Waals surface area contributed by atoms with Gasteiger partial charge in [0.05, 0.1) is 17.9 Å². The molecule has 0 aliphatic carbocycles. The lowest BCUT2D eigenvalue weighted by Crippen LogP contribution is -2.25. The van der Waals surface area contributed by atoms with Crippen molar-refractivity contribution in [3.63, 3.8) is 0 Å². The number of amides is 2. The summed E-state index contributed by atoms with van der Waals surface area (Å²) in [6.07, 6.45) is 0.479. The van der Waals surface area contributed by atoms with Gasteiger partial charge in [0.1, 0.15) is 11.5 Å². The zero-order valence-corrected chi connectivity index (χ0v) is 19.6. The Bertz CT molecular complexity index is 1270. The van der Waals surface area contributed by atoms with Crippen molar-refractivity contribution in [1.82, 2.24) is 5.32 Å². The van der Waals surface area contributed by atoms with Crippen LogP contribution in [0.15, 0.2) is 73.3 Å². The topological polar surface area (TPSA) is 81.7 Å². The van der Waals surface area contributed by atoms with Crippen LogP contribution in [0.2, 0.25) is 0 Å². The van der Waals surface area contributed by atoms with Gasteiger partial charge >= 0.3 is 5.97 Å². The smallest absolute Gasteiger partial charge is 0.337 e. The van der Waals surface area contributed by atoms with Crippen molar-refractivity contribution in [2.75, 3.05) is 7.11 Å². The summed E-state index contributed by atoms with van der Waals surface area (Å²) in [7, 11) is 1.34. The molecule has 1 aliphatic heterocycles. The predicted octanol–water partition coefficient (Wildman–Crippen LogP) is 5.53. The maximum atomic E-state index is 12.0. The van der Waals surface area contributed by atoms with E-state index in [0.717, 1.165) is 39.6 Å². The molecule has 1 atom stereocenters. The normalized spacial score (nSPS) is 15.1. The van der Waals surface area contributed by atoms with Gasteiger partial charge in [0.15, 0.2) is 0 Å². The van der Waals surface area contributed by atoms with Crippen LogP contribution in [0.5, 0.6) is 11.5 Å². The van der Waals surface area contributed by atoms with Gasteiger partial charge in [0, 0.05) is 0 Å². The summed E-state index contributed by atoms with van der Waals surface area (Å²) in [5.74, 6) is 0.606. The maximum Gasteiger partial charge on any atom is 0.337 e. The average molecular weight is 474 g/mol. The maximum absolute atomic E-state index is 12.0. The van der Waals surface area contributed by atoms with Crippen LogP contribution >= 0.6 is 11.8 Å². The Morgan fingerprint density at radius 1 is 1.00 bits per heavy atom. The molecule has 0 saturated carbocycles. The van der Waals surface area contributed by atoms with Crippen LogP contribution in [0, 0.1) is 6.92 Å². The van der Waals surface area contributed by atoms with Crippen LogP contribution < -0.4 is 10.1 Å². The predicted molar refractivity (Wildman–Crippen MR) is 133 cm³/mol. The first kappa shape index (κ1) is 23.3. The Morgan fingerprint density at radius 2 is 1.65 bits per heavy atom. The van der Waals surface area contributed by atoms with Gasteiger partial charge in [-0.25, -0.2) is 4.79 Å². The largest absolute Gasteiger partial charge is 0.465 e. The Labute approximate surface area is 202 Å². The van der Waals surface area contributed by atoms with Crippen molar-refractivity contribution in [1.29, 1.82) is 0 Å². The van der Waals surface area contributed by atoms with E-state index in [1.807, 2.05) is 73.7 Å². The van der Waals surface area contributed by atoms with Crippen LogP contribution in [-0.4, -0.2) is 29.5 Å². The lowest BCUT2D eigenvalue weighted by atomic mass is 9.93. The molecule has 1 aliphatic rings. The molecule has 1 saturated heterocycles. The van der Waals surface area contributed by atoms with E-state index in [1.54, 1.807) is 0 Å². The van der Waals surface area contributed by atoms with Gasteiger partial charge in [-0.1, -0.05) is 66.4 Å². The van der Waals surface area contributed by atoms with E-state index in [9.17, 15) is 14.4 Å². The number of esters is 1. The van der Waals surface area contributed by atoms with Crippen LogP contribution in [0.4, 0.5) is 4.79 Å². The number of nitrogens with one attached hydrogen (secondary N) is 1. The minimum atomic E-state index is -0.466. The second-order valence-corrected chi connectivity index (χ2v) is 9.05. The Hall–Kier alpha value is -3.84. The first-order valence-electron chi connectivity index (χ1n) is 10.6. The summed E-state index contributed by atoms with van der Waals surface area (Å²) in [5.41, 5.74) is 4.85. The highest BCUT2D eigenvalue weighted by Gasteiger charge is 2.31. The number of methoxy groups -OCH3 is 1. The number of imide groups is 1. The monoisotopic (exact) mass is 473 g/mol. The number of carbonyl (C=O) groups excluding carboxylic acids is 3. The number of thioether (sulfide) groups is 1. The van der Waals surface area contributed by atoms with Crippen LogP contribution in [0.3, 0.4) is 0 Å². The summed E-state index contributed by atoms with van der Waals surface area (Å²) in [4.78, 5) is 35.1. The van der Waals surface area contributed by atoms with E-state index in [4.69, 9.17) is 9.47 Å². The molecule has 0 spiro atoms. The summed E-state index contributed by atoms with van der Waals surface area (Å²) >= 11 is 1.02. The lowest BCUT2D eigenvalue weighted by Gasteiger charge is -2.13. The average Bonchev–Trinajstić information content (AvgIpc) is 3.16. The van der Waals surface area contributed by atoms with Gasteiger partial charge in [0.25, 0.3) is 5.24 Å². The van der Waals surface area contributed by atoms with Gasteiger partial charge in [-0.3, -0.25) is 14.9 Å². The molecule has 0 aromatic heterocycles. The van der Waals surface area contributed by atoms with Gasteiger partial charge in [-0.05, 0) is 59.9 Å². The van der Waals surface area contributed by atoms with Gasteiger partial charge in [-0.2, -0.15) is 0 Å². The van der Waals surface area contributed by atoms with Crippen molar-refractivity contribution < 1.29 is 23.9 Å². The minimum absolute atomic E-state index is 0.248. The van der Waals surface area contributed by atoms with Crippen molar-refractivity contribution in [3.05, 3.63) is 90.0 Å². The standard InChI is InChI=1S/C27H23NO5S/c1-16-4-13-22(17(2)26(30)32-3)23(14-16)19-7-11-21(12-8-19)33-20-9-5-18(6-10-20)15-24-25(29)28-27(31)34-24/h4-14,24H,2,15H2,1,3H3,(H,28,29,31). The molecule has 4 rings (SSSR count). The Kier molecular flexibility index (Phi) is 6.84. The number of carbonyl (C=O) groups is 3. The molecule has 1 unspecified atom stereocenters. The van der Waals surface area contributed by atoms with E-state index in [1.165, 1.54) is 7.11 Å². The van der Waals surface area contributed by atoms with Crippen molar-refractivity contribution in [2.24, 2.45) is 0 Å². The molecule has 3 aromatic rings. The number of aryl methyl sites for hydroxylation is 1. The number of hydrogen-bond donors (Lipinski definition) is 1. The third-order valence-electron chi connectivity index (χ3n) is 5.44. The van der Waals surface area contributed by atoms with Crippen LogP contribution in [-0.2, 0) is 20.7 Å². The quantitative estimate of drug-likeness (QED) is 0.359. The van der Waals surface area contributed by atoms with Crippen LogP contribution in [0.1, 0.15) is 16.7 Å². The fourth-order valence-electron chi connectivity index (χ4n) is 3.67. The molecule has 7 heteroatoms. The molecule has 172 valence electrons. The third-order valence-corrected chi connectivity index (χ3v) is 6.43. The second-order valence-electron chi connectivity index (χ2n) is 7.88. The summed E-state index contributed by atoms with van der Waals surface area (Å²) < 4.78 is 10.8. The fourth-order valence-corrected chi connectivity index (χ4v) is 4.53. The SMILES string of the molecule is C=C(C(=O)OC)c1ccc(C)cc1-c1ccc(Oc2ccc(CC3SC(=O)NC3=O)cc2)cc1. The van der Waals surface area contributed by atoms with Gasteiger partial charge in [0.2, 0.25) is 5.91 Å². The number of ether oxygens (including phenoxy) is 2. The molecule has 34 heavy (non-hydrogen) atoms. The fraction of sp³-hybridized carbons (Fsp3) is 0.148. The molecule has 6 nitrogen and oxygen atoms in total. The molecule has 1 fully saturated rings. The van der Waals surface area contributed by atoms with Gasteiger partial charge in [-0.15, -0.1) is 0 Å². The third kappa shape index (κ3) is 5.21. The number of benzene rings is 3. The van der Waals surface area contributed by atoms with E-state index >= 15 is 0 Å². The van der Waals surface area contributed by atoms with E-state index < -0.39 is 11.2 Å². The molecule has 1 heterocycles. The lowest BCUT2D eigenvalue weighted by molar-refractivity contribution is -0.133. The summed E-state index contributed by atoms with van der Waals surface area (Å²) in [6, 6.07) is 20.8. The van der Waals surface area contributed by atoms with E-state index in [0.29, 0.717) is 23.5 Å².